The molecule has 0 aliphatic heterocycles. The van der Waals surface area contributed by atoms with Crippen molar-refractivity contribution in [1.82, 2.24) is 0 Å². The fourth-order valence-corrected chi connectivity index (χ4v) is 10.7. The number of rotatable bonds is 2. The van der Waals surface area contributed by atoms with Crippen LogP contribution in [0.5, 0.6) is 0 Å². The van der Waals surface area contributed by atoms with Crippen LogP contribution in [-0.2, 0) is 9.59 Å². The van der Waals surface area contributed by atoms with Crippen molar-refractivity contribution in [2.75, 3.05) is 0 Å². The number of ketones is 1. The number of carbonyl (C=O) groups excluding carboxylic acids is 2. The molecule has 0 N–H and O–H groups in total. The van der Waals surface area contributed by atoms with Crippen molar-refractivity contribution in [2.45, 2.75) is 106 Å². The first-order valence-electron chi connectivity index (χ1n) is 13.6. The molecule has 0 bridgehead atoms. The Hall–Kier alpha value is -0.920. The maximum absolute atomic E-state index is 12.9. The minimum absolute atomic E-state index is 0.0683. The quantitative estimate of drug-likeness (QED) is 0.332. The number of fused-ring (bicyclic) bond motifs is 7. The number of carbonyl (C=O) groups is 2. The highest BCUT2D eigenvalue weighted by molar-refractivity contribution is 5.85. The number of hydrogen-bond donors (Lipinski definition) is 0. The summed E-state index contributed by atoms with van der Waals surface area (Å²) in [7, 11) is 0. The second-order valence-electron chi connectivity index (χ2n) is 14.2. The van der Waals surface area contributed by atoms with Gasteiger partial charge in [-0.25, -0.2) is 0 Å². The average molecular weight is 439 g/mol. The maximum atomic E-state index is 12.9. The monoisotopic (exact) mass is 438 g/mol. The summed E-state index contributed by atoms with van der Waals surface area (Å²) in [6, 6.07) is 0. The van der Waals surface area contributed by atoms with Crippen molar-refractivity contribution in [1.29, 1.82) is 0 Å². The number of aldehydes is 1. The first kappa shape index (κ1) is 22.9. The van der Waals surface area contributed by atoms with Gasteiger partial charge in [-0.05, 0) is 97.2 Å². The third-order valence-corrected chi connectivity index (χ3v) is 12.7. The van der Waals surface area contributed by atoms with E-state index < -0.39 is 0 Å². The minimum Gasteiger partial charge on any atom is -0.303 e. The van der Waals surface area contributed by atoms with E-state index in [-0.39, 0.29) is 27.1 Å². The van der Waals surface area contributed by atoms with Gasteiger partial charge in [-0.3, -0.25) is 4.79 Å². The highest BCUT2D eigenvalue weighted by atomic mass is 16.1. The van der Waals surface area contributed by atoms with E-state index in [1.165, 1.54) is 32.0 Å². The zero-order chi connectivity index (χ0) is 23.3. The van der Waals surface area contributed by atoms with Gasteiger partial charge in [0, 0.05) is 17.3 Å². The number of Topliss-reactive ketones (excluding diaryl/α,β-unsaturated/α-hetero) is 1. The minimum atomic E-state index is -0.208. The summed E-state index contributed by atoms with van der Waals surface area (Å²) < 4.78 is 0. The van der Waals surface area contributed by atoms with E-state index in [1.807, 2.05) is 0 Å². The van der Waals surface area contributed by atoms with Gasteiger partial charge in [0.25, 0.3) is 0 Å². The highest BCUT2D eigenvalue weighted by Crippen LogP contribution is 2.75. The van der Waals surface area contributed by atoms with Gasteiger partial charge in [-0.1, -0.05) is 60.1 Å². The van der Waals surface area contributed by atoms with E-state index in [9.17, 15) is 9.59 Å². The molecule has 4 saturated carbocycles. The molecule has 0 aromatic rings. The average Bonchev–Trinajstić information content (AvgIpc) is 3.12. The molecule has 0 spiro atoms. The van der Waals surface area contributed by atoms with Crippen LogP contribution in [0.15, 0.2) is 11.6 Å². The fraction of sp³-hybridized carbons (Fsp3) is 0.867. The molecule has 4 fully saturated rings. The van der Waals surface area contributed by atoms with Crippen LogP contribution in [-0.4, -0.2) is 12.1 Å². The predicted octanol–water partition coefficient (Wildman–Crippen LogP) is 7.41. The summed E-state index contributed by atoms with van der Waals surface area (Å²) in [5.41, 5.74) is 2.01. The Morgan fingerprint density at radius 3 is 2.34 bits per heavy atom. The Balaban J connectivity index is 1.61. The molecule has 0 aromatic carbocycles. The molecule has 0 unspecified atom stereocenters. The van der Waals surface area contributed by atoms with Crippen LogP contribution in [0.1, 0.15) is 106 Å². The molecular weight excluding hydrogens is 392 g/mol. The first-order valence-corrected chi connectivity index (χ1v) is 13.6. The van der Waals surface area contributed by atoms with Gasteiger partial charge in [0.05, 0.1) is 0 Å². The normalized spacial score (nSPS) is 51.9. The van der Waals surface area contributed by atoms with Crippen LogP contribution in [0, 0.1) is 56.7 Å². The Labute approximate surface area is 196 Å². The van der Waals surface area contributed by atoms with E-state index >= 15 is 0 Å². The van der Waals surface area contributed by atoms with Crippen LogP contribution in [0.25, 0.3) is 0 Å². The molecule has 5 rings (SSSR count). The van der Waals surface area contributed by atoms with Crippen molar-refractivity contribution >= 4 is 12.1 Å². The van der Waals surface area contributed by atoms with Gasteiger partial charge in [-0.2, -0.15) is 0 Å². The molecule has 0 aromatic heterocycles. The summed E-state index contributed by atoms with van der Waals surface area (Å²) >= 11 is 0. The molecule has 0 amide bonds. The van der Waals surface area contributed by atoms with Crippen molar-refractivity contribution < 1.29 is 9.59 Å². The Morgan fingerprint density at radius 1 is 0.969 bits per heavy atom. The van der Waals surface area contributed by atoms with Crippen molar-refractivity contribution in [3.63, 3.8) is 0 Å². The number of hydrogen-bond acceptors (Lipinski definition) is 2. The smallest absolute Gasteiger partial charge is 0.138 e. The molecule has 8 atom stereocenters. The molecule has 32 heavy (non-hydrogen) atoms. The lowest BCUT2D eigenvalue weighted by Gasteiger charge is -2.69. The lowest BCUT2D eigenvalue weighted by atomic mass is 9.35. The SMILES string of the molecule is CC(C)[C@@H]1CC[C@]2(C=O)CC[C@]3(C)[C@H](CC=C4[C@@]5(C)CCC(=O)C(C)(C)[C@@H]5CC[C@]43C)[C@@H]12. The number of allylic oxidation sites excluding steroid dienone is 2. The van der Waals surface area contributed by atoms with Gasteiger partial charge in [0.15, 0.2) is 0 Å². The summed E-state index contributed by atoms with van der Waals surface area (Å²) in [6.07, 6.45) is 13.9. The molecule has 2 heteroatoms. The summed E-state index contributed by atoms with van der Waals surface area (Å²) in [4.78, 5) is 25.5. The van der Waals surface area contributed by atoms with E-state index in [0.29, 0.717) is 35.4 Å². The standard InChI is InChI=1S/C30H46O2/c1-19(2)20-10-15-30(18-31)17-16-28(6)21(25(20)30)8-9-23-27(5)13-12-24(32)26(3,4)22(27)11-14-29(23,28)7/h9,18-22,25H,8,10-17H2,1-7H3/t20-,21+,22-,25+,27-,28+,29+,30+/m0/s1. The van der Waals surface area contributed by atoms with Crippen LogP contribution in [0.2, 0.25) is 0 Å². The highest BCUT2D eigenvalue weighted by Gasteiger charge is 2.68. The summed E-state index contributed by atoms with van der Waals surface area (Å²) in [5, 5.41) is 0. The predicted molar refractivity (Wildman–Crippen MR) is 130 cm³/mol. The molecule has 0 radical (unpaired) electrons. The molecule has 5 aliphatic rings. The molecular formula is C30H46O2. The Kier molecular flexibility index (Phi) is 4.87. The van der Waals surface area contributed by atoms with E-state index in [1.54, 1.807) is 5.57 Å². The maximum Gasteiger partial charge on any atom is 0.138 e. The zero-order valence-electron chi connectivity index (χ0n) is 21.7. The third kappa shape index (κ3) is 2.54. The summed E-state index contributed by atoms with van der Waals surface area (Å²) in [6.45, 7) is 16.9. The fourth-order valence-electron chi connectivity index (χ4n) is 10.7. The molecule has 0 heterocycles. The molecule has 2 nitrogen and oxygen atoms in total. The second kappa shape index (κ2) is 6.82. The van der Waals surface area contributed by atoms with Gasteiger partial charge < -0.3 is 4.79 Å². The van der Waals surface area contributed by atoms with Gasteiger partial charge >= 0.3 is 0 Å². The van der Waals surface area contributed by atoms with Crippen molar-refractivity contribution in [2.24, 2.45) is 56.7 Å². The van der Waals surface area contributed by atoms with Crippen LogP contribution >= 0.6 is 0 Å². The van der Waals surface area contributed by atoms with E-state index in [2.05, 4.69) is 54.5 Å². The lowest BCUT2D eigenvalue weighted by molar-refractivity contribution is -0.159. The largest absolute Gasteiger partial charge is 0.303 e. The van der Waals surface area contributed by atoms with E-state index in [0.717, 1.165) is 32.1 Å². The molecule has 5 aliphatic carbocycles. The lowest BCUT2D eigenvalue weighted by Crippen LogP contribution is -2.62. The zero-order valence-corrected chi connectivity index (χ0v) is 21.7. The van der Waals surface area contributed by atoms with Crippen molar-refractivity contribution in [3.8, 4) is 0 Å². The molecule has 0 saturated heterocycles. The second-order valence-corrected chi connectivity index (χ2v) is 14.2. The Morgan fingerprint density at radius 2 is 1.69 bits per heavy atom. The summed E-state index contributed by atoms with van der Waals surface area (Å²) in [5.74, 6) is 3.43. The van der Waals surface area contributed by atoms with Gasteiger partial charge in [0.1, 0.15) is 12.1 Å². The molecule has 178 valence electrons. The van der Waals surface area contributed by atoms with Crippen LogP contribution < -0.4 is 0 Å². The van der Waals surface area contributed by atoms with Crippen LogP contribution in [0.3, 0.4) is 0 Å². The third-order valence-electron chi connectivity index (χ3n) is 12.7. The van der Waals surface area contributed by atoms with Crippen molar-refractivity contribution in [3.05, 3.63) is 11.6 Å². The first-order chi connectivity index (χ1) is 14.9. The van der Waals surface area contributed by atoms with Gasteiger partial charge in [0.2, 0.25) is 0 Å². The Bertz CT molecular complexity index is 866. The topological polar surface area (TPSA) is 34.1 Å². The van der Waals surface area contributed by atoms with Gasteiger partial charge in [-0.15, -0.1) is 0 Å². The van der Waals surface area contributed by atoms with E-state index in [4.69, 9.17) is 0 Å². The van der Waals surface area contributed by atoms with Crippen LogP contribution in [0.4, 0.5) is 0 Å².